The van der Waals surface area contributed by atoms with Gasteiger partial charge in [-0.25, -0.2) is 0 Å². The Morgan fingerprint density at radius 1 is 1.18 bits per heavy atom. The van der Waals surface area contributed by atoms with Crippen LogP contribution in [0.15, 0.2) is 35.5 Å². The molecule has 6 nitrogen and oxygen atoms in total. The summed E-state index contributed by atoms with van der Waals surface area (Å²) in [5.41, 5.74) is 7.58. The summed E-state index contributed by atoms with van der Waals surface area (Å²) in [6.45, 7) is 10.8. The van der Waals surface area contributed by atoms with Crippen molar-refractivity contribution in [2.75, 3.05) is 6.54 Å². The van der Waals surface area contributed by atoms with Crippen LogP contribution in [-0.4, -0.2) is 53.3 Å². The van der Waals surface area contributed by atoms with Gasteiger partial charge in [-0.15, -0.1) is 0 Å². The van der Waals surface area contributed by atoms with Gasteiger partial charge in [0.1, 0.15) is 0 Å². The minimum Gasteiger partial charge on any atom is -0.861 e. The number of fused-ring (bicyclic) bond motifs is 1. The second-order valence-corrected chi connectivity index (χ2v) is 5.90. The summed E-state index contributed by atoms with van der Waals surface area (Å²) < 4.78 is 0. The Morgan fingerprint density at radius 3 is 2.21 bits per heavy atom. The van der Waals surface area contributed by atoms with Crippen LogP contribution in [-0.2, 0) is 11.2 Å². The van der Waals surface area contributed by atoms with Crippen molar-refractivity contribution in [2.45, 2.75) is 52.0 Å². The maximum atomic E-state index is 11.5. The number of unbranched alkanes of at least 4 members (excludes halogenated alkanes) is 2. The second kappa shape index (κ2) is 17.5. The number of aliphatic imine (C=N–C) groups is 1. The normalized spacial score (nSPS) is 11.4. The zero-order chi connectivity index (χ0) is 20.7. The van der Waals surface area contributed by atoms with Crippen LogP contribution < -0.4 is 15.9 Å². The average Bonchev–Trinajstić information content (AvgIpc) is 3.09. The summed E-state index contributed by atoms with van der Waals surface area (Å²) in [5.74, 6) is -2.03. The van der Waals surface area contributed by atoms with Crippen molar-refractivity contribution < 1.29 is 15.0 Å². The Bertz CT molecular complexity index is 678. The summed E-state index contributed by atoms with van der Waals surface area (Å²) >= 11 is 0. The molecule has 7 heteroatoms. The van der Waals surface area contributed by atoms with Crippen LogP contribution in [0.4, 0.5) is 0 Å². The molecule has 0 bridgehead atoms. The number of carboxylic acids is 1. The summed E-state index contributed by atoms with van der Waals surface area (Å²) in [4.78, 5) is 16.6. The molecule has 28 heavy (non-hydrogen) atoms. The fourth-order valence-electron chi connectivity index (χ4n) is 1.88. The van der Waals surface area contributed by atoms with Crippen molar-refractivity contribution in [3.05, 3.63) is 49.9 Å². The molecule has 0 spiro atoms. The van der Waals surface area contributed by atoms with Crippen LogP contribution in [0.25, 0.3) is 10.9 Å². The van der Waals surface area contributed by atoms with Crippen molar-refractivity contribution in [2.24, 2.45) is 10.7 Å². The first kappa shape index (κ1) is 28.7. The van der Waals surface area contributed by atoms with Crippen LogP contribution >= 0.6 is 0 Å². The number of carbonyl (C=O) groups is 1. The van der Waals surface area contributed by atoms with Gasteiger partial charge in [0.05, 0.1) is 12.5 Å². The van der Waals surface area contributed by atoms with Crippen molar-refractivity contribution in [3.8, 4) is 0 Å². The van der Waals surface area contributed by atoms with Gasteiger partial charge < -0.3 is 25.7 Å². The maximum Gasteiger partial charge on any atom is 2.00 e. The van der Waals surface area contributed by atoms with Gasteiger partial charge in [0, 0.05) is 23.1 Å². The topological polar surface area (TPSA) is 117 Å². The fraction of sp³-hybridized carbons (Fsp3) is 0.429. The Kier molecular flexibility index (Phi) is 18.0. The van der Waals surface area contributed by atoms with Gasteiger partial charge in [0.2, 0.25) is 0 Å². The molecular weight excluding hydrogens is 461 g/mol. The number of carboxylic acid groups (broad SMARTS) is 1. The number of rotatable bonds is 7. The molecule has 0 amide bonds. The third-order valence-corrected chi connectivity index (χ3v) is 3.50. The molecule has 2 aromatic rings. The number of aromatic amines is 1. The smallest absolute Gasteiger partial charge is 0.861 e. The minimum atomic E-state index is -1.40. The van der Waals surface area contributed by atoms with Gasteiger partial charge in [0.25, 0.3) is 0 Å². The third kappa shape index (κ3) is 12.0. The first-order valence-corrected chi connectivity index (χ1v) is 9.21. The average molecular weight is 492 g/mol. The van der Waals surface area contributed by atoms with Crippen LogP contribution in [0.3, 0.4) is 0 Å². The zero-order valence-electron chi connectivity index (χ0n) is 16.9. The van der Waals surface area contributed by atoms with Gasteiger partial charge >= 0.3 is 23.9 Å². The van der Waals surface area contributed by atoms with Gasteiger partial charge in [-0.1, -0.05) is 71.6 Å². The van der Waals surface area contributed by atoms with Crippen molar-refractivity contribution in [3.63, 3.8) is 0 Å². The standard InChI is InChI=1S/C13H15N3O3.2C4H9.Sn/c14-10(13(19)16-7-12(17)18)5-8-6-15-11-4-2-1-3-9(8)11;2*1-3-4-2;/h1-4,6,10,15H,5,7,14H2,(H,16,19)(H,17,18);2*1,3-4H2,2H3;/q;;;+2/p-2/t10-;;;/m0.../s1. The van der Waals surface area contributed by atoms with Crippen molar-refractivity contribution >= 4 is 46.7 Å². The molecule has 1 aromatic heterocycles. The first-order chi connectivity index (χ1) is 12.9. The van der Waals surface area contributed by atoms with E-state index in [-0.39, 0.29) is 23.9 Å². The molecule has 2 rings (SSSR count). The minimum absolute atomic E-state index is 0. The van der Waals surface area contributed by atoms with Crippen LogP contribution in [0.1, 0.15) is 45.1 Å². The quantitative estimate of drug-likeness (QED) is 0.345. The summed E-state index contributed by atoms with van der Waals surface area (Å²) in [6.07, 6.45) is 6.65. The van der Waals surface area contributed by atoms with Crippen molar-refractivity contribution in [1.82, 2.24) is 4.98 Å². The maximum absolute atomic E-state index is 11.5. The van der Waals surface area contributed by atoms with E-state index in [0.29, 0.717) is 6.42 Å². The summed E-state index contributed by atoms with van der Waals surface area (Å²) in [7, 11) is 0. The van der Waals surface area contributed by atoms with Crippen LogP contribution in [0.2, 0.25) is 0 Å². The van der Waals surface area contributed by atoms with Crippen LogP contribution in [0, 0.1) is 13.8 Å². The molecule has 1 atom stereocenters. The van der Waals surface area contributed by atoms with E-state index in [2.05, 4.69) is 37.7 Å². The molecule has 0 saturated heterocycles. The number of hydrogen-bond donors (Lipinski definition) is 2. The SMILES string of the molecule is N[C@@H](Cc1c[nH]c2ccccc12)C([O-])=NCC(=O)[O-].[CH2]CCC.[CH2]CCC.[Sn+2]. The van der Waals surface area contributed by atoms with Crippen molar-refractivity contribution in [1.29, 1.82) is 0 Å². The number of aliphatic carboxylic acids is 1. The number of hydrogen-bond acceptors (Lipinski definition) is 5. The third-order valence-electron chi connectivity index (χ3n) is 3.50. The number of H-pyrrole nitrogens is 1. The van der Waals surface area contributed by atoms with E-state index in [1.807, 2.05) is 24.3 Å². The monoisotopic (exact) mass is 493 g/mol. The Labute approximate surface area is 185 Å². The number of benzene rings is 1. The summed E-state index contributed by atoms with van der Waals surface area (Å²) in [5, 5.41) is 22.7. The van der Waals surface area contributed by atoms with Gasteiger partial charge in [-0.05, 0) is 23.9 Å². The molecular formula is C21H31N3O3Sn. The molecule has 152 valence electrons. The Hall–Kier alpha value is -1.54. The molecule has 0 aliphatic heterocycles. The first-order valence-electron chi connectivity index (χ1n) is 9.21. The Balaban J connectivity index is 0. The number of nitrogens with zero attached hydrogens (tertiary/aromatic N) is 1. The molecule has 3 N–H and O–H groups in total. The molecule has 4 radical (unpaired) electrons. The van der Waals surface area contributed by atoms with E-state index in [1.54, 1.807) is 6.20 Å². The zero-order valence-corrected chi connectivity index (χ0v) is 19.7. The van der Waals surface area contributed by atoms with E-state index in [4.69, 9.17) is 5.73 Å². The molecule has 1 aromatic carbocycles. The predicted octanol–water partition coefficient (Wildman–Crippen LogP) is 1.41. The Morgan fingerprint density at radius 2 is 1.71 bits per heavy atom. The van der Waals surface area contributed by atoms with E-state index in [0.717, 1.165) is 29.3 Å². The fourth-order valence-corrected chi connectivity index (χ4v) is 1.88. The van der Waals surface area contributed by atoms with Gasteiger partial charge in [-0.2, -0.15) is 0 Å². The van der Waals surface area contributed by atoms with E-state index >= 15 is 0 Å². The largest absolute Gasteiger partial charge is 2.00 e. The molecule has 1 heterocycles. The number of aromatic nitrogens is 1. The van der Waals surface area contributed by atoms with E-state index in [1.165, 1.54) is 12.8 Å². The summed E-state index contributed by atoms with van der Waals surface area (Å²) in [6, 6.07) is 6.80. The number of carbonyl (C=O) groups excluding carboxylic acids is 1. The molecule has 0 fully saturated rings. The second-order valence-electron chi connectivity index (χ2n) is 5.90. The van der Waals surface area contributed by atoms with E-state index < -0.39 is 24.5 Å². The molecule has 0 unspecified atom stereocenters. The van der Waals surface area contributed by atoms with Crippen LogP contribution in [0.5, 0.6) is 0 Å². The molecule has 0 aliphatic rings. The van der Waals surface area contributed by atoms with E-state index in [9.17, 15) is 15.0 Å². The molecule has 0 aliphatic carbocycles. The molecule has 0 saturated carbocycles. The number of para-hydroxylation sites is 1. The van der Waals surface area contributed by atoms with Gasteiger partial charge in [-0.3, -0.25) is 4.99 Å². The number of nitrogens with one attached hydrogen (secondary N) is 1. The predicted molar refractivity (Wildman–Crippen MR) is 114 cm³/mol. The van der Waals surface area contributed by atoms with Gasteiger partial charge in [0.15, 0.2) is 0 Å². The number of nitrogens with two attached hydrogens (primary N) is 1.